The number of carbonyl (C=O) groups excluding carboxylic acids is 3. The van der Waals surface area contributed by atoms with Crippen LogP contribution in [0.25, 0.3) is 0 Å². The monoisotopic (exact) mass is 380 g/mol. The Morgan fingerprint density at radius 3 is 1.89 bits per heavy atom. The predicted molar refractivity (Wildman–Crippen MR) is 98.3 cm³/mol. The minimum absolute atomic E-state index is 0.0266. The first-order valence-electron chi connectivity index (χ1n) is 8.94. The Labute approximate surface area is 159 Å². The summed E-state index contributed by atoms with van der Waals surface area (Å²) in [4.78, 5) is 37.1. The van der Waals surface area contributed by atoms with Gasteiger partial charge in [0.1, 0.15) is 0 Å². The van der Waals surface area contributed by atoms with Gasteiger partial charge in [-0.3, -0.25) is 9.59 Å². The SMILES string of the molecule is CCOC(=O)C(COC(C)C)(Cc1ccc(C(=O)OC)cc1)C(=O)OCC. The molecule has 0 aromatic heterocycles. The number of hydrogen-bond donors (Lipinski definition) is 0. The molecule has 0 fully saturated rings. The zero-order valence-corrected chi connectivity index (χ0v) is 16.6. The average molecular weight is 380 g/mol. The summed E-state index contributed by atoms with van der Waals surface area (Å²) in [7, 11) is 1.30. The van der Waals surface area contributed by atoms with Crippen molar-refractivity contribution in [2.75, 3.05) is 26.9 Å². The summed E-state index contributed by atoms with van der Waals surface area (Å²) < 4.78 is 20.6. The quantitative estimate of drug-likeness (QED) is 0.350. The van der Waals surface area contributed by atoms with E-state index in [0.717, 1.165) is 0 Å². The normalized spacial score (nSPS) is 11.2. The van der Waals surface area contributed by atoms with Gasteiger partial charge in [0.2, 0.25) is 0 Å². The zero-order valence-electron chi connectivity index (χ0n) is 16.6. The Bertz CT molecular complexity index is 616. The van der Waals surface area contributed by atoms with Crippen molar-refractivity contribution in [1.29, 1.82) is 0 Å². The lowest BCUT2D eigenvalue weighted by molar-refractivity contribution is -0.178. The van der Waals surface area contributed by atoms with Gasteiger partial charge < -0.3 is 18.9 Å². The maximum absolute atomic E-state index is 12.7. The molecule has 0 radical (unpaired) electrons. The largest absolute Gasteiger partial charge is 0.465 e. The summed E-state index contributed by atoms with van der Waals surface area (Å²) in [5, 5.41) is 0. The molecule has 0 saturated carbocycles. The highest BCUT2D eigenvalue weighted by Crippen LogP contribution is 2.29. The molecule has 1 aromatic carbocycles. The van der Waals surface area contributed by atoms with Crippen LogP contribution in [0.15, 0.2) is 24.3 Å². The van der Waals surface area contributed by atoms with E-state index in [1.165, 1.54) is 7.11 Å². The van der Waals surface area contributed by atoms with E-state index in [9.17, 15) is 14.4 Å². The Hall–Kier alpha value is -2.41. The lowest BCUT2D eigenvalue weighted by atomic mass is 9.81. The van der Waals surface area contributed by atoms with E-state index in [1.54, 1.807) is 38.1 Å². The van der Waals surface area contributed by atoms with Crippen molar-refractivity contribution >= 4 is 17.9 Å². The molecule has 0 N–H and O–H groups in total. The fraction of sp³-hybridized carbons (Fsp3) is 0.550. The van der Waals surface area contributed by atoms with Crippen LogP contribution in [0.2, 0.25) is 0 Å². The second kappa shape index (κ2) is 10.7. The second-order valence-electron chi connectivity index (χ2n) is 6.25. The van der Waals surface area contributed by atoms with Gasteiger partial charge in [0, 0.05) is 6.42 Å². The van der Waals surface area contributed by atoms with Crippen LogP contribution in [0, 0.1) is 5.41 Å². The highest BCUT2D eigenvalue weighted by Gasteiger charge is 2.49. The number of benzene rings is 1. The molecule has 0 spiro atoms. The number of methoxy groups -OCH3 is 1. The highest BCUT2D eigenvalue weighted by molar-refractivity contribution is 6.00. The molecule has 1 rings (SSSR count). The molecule has 0 aliphatic rings. The van der Waals surface area contributed by atoms with Crippen LogP contribution in [-0.4, -0.2) is 50.9 Å². The predicted octanol–water partition coefficient (Wildman–Crippen LogP) is 2.55. The van der Waals surface area contributed by atoms with Crippen LogP contribution in [0.3, 0.4) is 0 Å². The lowest BCUT2D eigenvalue weighted by Crippen LogP contribution is -2.48. The summed E-state index contributed by atoms with van der Waals surface area (Å²) in [6.07, 6.45) is -0.159. The van der Waals surface area contributed by atoms with Crippen molar-refractivity contribution in [3.05, 3.63) is 35.4 Å². The van der Waals surface area contributed by atoms with Gasteiger partial charge in [0.05, 0.1) is 38.6 Å². The third-order valence-electron chi connectivity index (χ3n) is 3.88. The fourth-order valence-electron chi connectivity index (χ4n) is 2.47. The molecule has 7 nitrogen and oxygen atoms in total. The van der Waals surface area contributed by atoms with Gasteiger partial charge in [-0.25, -0.2) is 4.79 Å². The van der Waals surface area contributed by atoms with Crippen LogP contribution in [0.4, 0.5) is 0 Å². The lowest BCUT2D eigenvalue weighted by Gasteiger charge is -2.30. The van der Waals surface area contributed by atoms with Crippen LogP contribution in [0.5, 0.6) is 0 Å². The zero-order chi connectivity index (χ0) is 20.4. The number of rotatable bonds is 10. The number of esters is 3. The van der Waals surface area contributed by atoms with E-state index in [0.29, 0.717) is 11.1 Å². The smallest absolute Gasteiger partial charge is 0.337 e. The molecule has 7 heteroatoms. The molecule has 0 saturated heterocycles. The molecule has 0 unspecified atom stereocenters. The maximum atomic E-state index is 12.7. The summed E-state index contributed by atoms with van der Waals surface area (Å²) in [6, 6.07) is 6.47. The Kier molecular flexibility index (Phi) is 8.94. The van der Waals surface area contributed by atoms with Gasteiger partial charge in [-0.05, 0) is 45.4 Å². The molecule has 150 valence electrons. The molecule has 0 atom stereocenters. The number of hydrogen-bond acceptors (Lipinski definition) is 7. The van der Waals surface area contributed by atoms with Crippen molar-refractivity contribution in [2.24, 2.45) is 5.41 Å². The van der Waals surface area contributed by atoms with Crippen LogP contribution < -0.4 is 0 Å². The number of ether oxygens (including phenoxy) is 4. The molecule has 0 heterocycles. The molecular weight excluding hydrogens is 352 g/mol. The molecular formula is C20H28O7. The summed E-state index contributed by atoms with van der Waals surface area (Å²) >= 11 is 0. The first-order chi connectivity index (χ1) is 12.8. The summed E-state index contributed by atoms with van der Waals surface area (Å²) in [6.45, 7) is 7.05. The van der Waals surface area contributed by atoms with Crippen molar-refractivity contribution in [3.8, 4) is 0 Å². The topological polar surface area (TPSA) is 88.1 Å². The molecule has 0 bridgehead atoms. The van der Waals surface area contributed by atoms with Gasteiger partial charge >= 0.3 is 17.9 Å². The molecule has 0 aliphatic heterocycles. The second-order valence-corrected chi connectivity index (χ2v) is 6.25. The van der Waals surface area contributed by atoms with Crippen molar-refractivity contribution < 1.29 is 33.3 Å². The van der Waals surface area contributed by atoms with Gasteiger partial charge in [-0.1, -0.05) is 12.1 Å². The van der Waals surface area contributed by atoms with Crippen LogP contribution in [0.1, 0.15) is 43.6 Å². The Morgan fingerprint density at radius 2 is 1.48 bits per heavy atom. The van der Waals surface area contributed by atoms with E-state index in [-0.39, 0.29) is 32.3 Å². The van der Waals surface area contributed by atoms with Crippen LogP contribution in [-0.2, 0) is 35.0 Å². The van der Waals surface area contributed by atoms with Crippen LogP contribution >= 0.6 is 0 Å². The maximum Gasteiger partial charge on any atom is 0.337 e. The van der Waals surface area contributed by atoms with Gasteiger partial charge in [0.15, 0.2) is 5.41 Å². The van der Waals surface area contributed by atoms with E-state index in [4.69, 9.17) is 14.2 Å². The highest BCUT2D eigenvalue weighted by atomic mass is 16.6. The Balaban J connectivity index is 3.25. The van der Waals surface area contributed by atoms with Gasteiger partial charge in [-0.15, -0.1) is 0 Å². The first kappa shape index (κ1) is 22.6. The molecule has 0 aliphatic carbocycles. The third kappa shape index (κ3) is 6.06. The van der Waals surface area contributed by atoms with Gasteiger partial charge in [-0.2, -0.15) is 0 Å². The van der Waals surface area contributed by atoms with E-state index < -0.39 is 23.3 Å². The van der Waals surface area contributed by atoms with Crippen molar-refractivity contribution in [2.45, 2.75) is 40.2 Å². The summed E-state index contributed by atoms with van der Waals surface area (Å²) in [5.74, 6) is -1.85. The fourth-order valence-corrected chi connectivity index (χ4v) is 2.47. The minimum Gasteiger partial charge on any atom is -0.465 e. The first-order valence-corrected chi connectivity index (χ1v) is 8.94. The van der Waals surface area contributed by atoms with Crippen molar-refractivity contribution in [1.82, 2.24) is 0 Å². The van der Waals surface area contributed by atoms with E-state index in [2.05, 4.69) is 4.74 Å². The molecule has 27 heavy (non-hydrogen) atoms. The standard InChI is InChI=1S/C20H28O7/c1-6-25-18(22)20(13-27-14(3)4,19(23)26-7-2)12-15-8-10-16(11-9-15)17(21)24-5/h8-11,14H,6-7,12-13H2,1-5H3. The average Bonchev–Trinajstić information content (AvgIpc) is 2.65. The summed E-state index contributed by atoms with van der Waals surface area (Å²) in [5.41, 5.74) is -0.586. The third-order valence-corrected chi connectivity index (χ3v) is 3.88. The van der Waals surface area contributed by atoms with E-state index in [1.807, 2.05) is 13.8 Å². The number of carbonyl (C=O) groups is 3. The molecule has 1 aromatic rings. The van der Waals surface area contributed by atoms with Crippen molar-refractivity contribution in [3.63, 3.8) is 0 Å². The molecule has 0 amide bonds. The minimum atomic E-state index is -1.62. The Morgan fingerprint density at radius 1 is 0.963 bits per heavy atom. The van der Waals surface area contributed by atoms with Gasteiger partial charge in [0.25, 0.3) is 0 Å². The van der Waals surface area contributed by atoms with E-state index >= 15 is 0 Å².